The molecule has 0 heterocycles. The molecule has 0 bridgehead atoms. The Morgan fingerprint density at radius 3 is 2.27 bits per heavy atom. The molecule has 1 N–H and O–H groups in total. The molecule has 0 aliphatic rings. The number of aryl methyl sites for hydroxylation is 2. The number of halogens is 1. The first kappa shape index (κ1) is 26.7. The summed E-state index contributed by atoms with van der Waals surface area (Å²) in [6.07, 6.45) is 1.43. The summed E-state index contributed by atoms with van der Waals surface area (Å²) in [5.41, 5.74) is 2.95. The Balaban J connectivity index is 2.47. The zero-order valence-corrected chi connectivity index (χ0v) is 21.3. The van der Waals surface area contributed by atoms with Crippen LogP contribution in [0, 0.1) is 13.8 Å². The highest BCUT2D eigenvalue weighted by molar-refractivity contribution is 7.92. The smallest absolute Gasteiger partial charge is 0.244 e. The monoisotopic (exact) mass is 493 g/mol. The molecule has 33 heavy (non-hydrogen) atoms. The van der Waals surface area contributed by atoms with Crippen LogP contribution in [0.4, 0.5) is 5.69 Å². The minimum atomic E-state index is -3.79. The summed E-state index contributed by atoms with van der Waals surface area (Å²) in [6, 6.07) is 11.7. The molecular weight excluding hydrogens is 462 g/mol. The van der Waals surface area contributed by atoms with Crippen LogP contribution < -0.4 is 9.62 Å². The summed E-state index contributed by atoms with van der Waals surface area (Å²) < 4.78 is 26.2. The summed E-state index contributed by atoms with van der Waals surface area (Å²) in [5, 5.41) is 3.18. The van der Waals surface area contributed by atoms with Crippen molar-refractivity contribution < 1.29 is 18.0 Å². The number of rotatable bonds is 10. The number of benzene rings is 2. The Bertz CT molecular complexity index is 1100. The van der Waals surface area contributed by atoms with Crippen LogP contribution in [-0.4, -0.2) is 50.5 Å². The fourth-order valence-corrected chi connectivity index (χ4v) is 4.55. The van der Waals surface area contributed by atoms with Crippen molar-refractivity contribution in [1.29, 1.82) is 0 Å². The number of carbonyl (C=O) groups excluding carboxylic acids is 2. The Labute approximate surface area is 201 Å². The number of amides is 2. The first-order valence-electron chi connectivity index (χ1n) is 10.8. The molecule has 0 saturated heterocycles. The van der Waals surface area contributed by atoms with Crippen molar-refractivity contribution in [1.82, 2.24) is 10.2 Å². The van der Waals surface area contributed by atoms with E-state index in [1.165, 1.54) is 11.0 Å². The molecule has 1 atom stereocenters. The van der Waals surface area contributed by atoms with Crippen LogP contribution in [0.5, 0.6) is 0 Å². The Morgan fingerprint density at radius 2 is 1.73 bits per heavy atom. The summed E-state index contributed by atoms with van der Waals surface area (Å²) in [6.45, 7) is 7.55. The van der Waals surface area contributed by atoms with E-state index in [2.05, 4.69) is 5.32 Å². The number of anilines is 1. The second kappa shape index (κ2) is 11.5. The predicted octanol–water partition coefficient (Wildman–Crippen LogP) is 3.67. The largest absolute Gasteiger partial charge is 0.355 e. The number of nitrogens with zero attached hydrogens (tertiary/aromatic N) is 2. The zero-order chi connectivity index (χ0) is 24.8. The lowest BCUT2D eigenvalue weighted by Crippen LogP contribution is -2.52. The molecular formula is C24H32ClN3O4S. The fraction of sp³-hybridized carbons (Fsp3) is 0.417. The van der Waals surface area contributed by atoms with Gasteiger partial charge in [0.1, 0.15) is 12.6 Å². The lowest BCUT2D eigenvalue weighted by atomic mass is 10.1. The highest BCUT2D eigenvalue weighted by Gasteiger charge is 2.31. The minimum absolute atomic E-state index is 0.188. The first-order chi connectivity index (χ1) is 15.5. The number of carbonyl (C=O) groups is 2. The molecule has 7 nitrogen and oxygen atoms in total. The SMILES string of the molecule is CCNC(=O)[C@H](CC)N(Cc1ccccc1C)C(=O)CN(c1ccc(C)c(Cl)c1)S(C)(=O)=O. The van der Waals surface area contributed by atoms with Gasteiger partial charge < -0.3 is 10.2 Å². The lowest BCUT2D eigenvalue weighted by Gasteiger charge is -2.33. The van der Waals surface area contributed by atoms with Crippen LogP contribution in [0.15, 0.2) is 42.5 Å². The molecule has 180 valence electrons. The number of likely N-dealkylation sites (N-methyl/N-ethyl adjacent to an activating group) is 1. The van der Waals surface area contributed by atoms with Crippen molar-refractivity contribution in [3.63, 3.8) is 0 Å². The van der Waals surface area contributed by atoms with Crippen LogP contribution in [0.1, 0.15) is 37.0 Å². The molecule has 0 aliphatic carbocycles. The summed E-state index contributed by atoms with van der Waals surface area (Å²) >= 11 is 6.21. The summed E-state index contributed by atoms with van der Waals surface area (Å²) in [7, 11) is -3.79. The molecule has 2 rings (SSSR count). The average Bonchev–Trinajstić information content (AvgIpc) is 2.74. The minimum Gasteiger partial charge on any atom is -0.355 e. The van der Waals surface area contributed by atoms with Crippen LogP contribution in [0.25, 0.3) is 0 Å². The first-order valence-corrected chi connectivity index (χ1v) is 13.1. The number of hydrogen-bond acceptors (Lipinski definition) is 4. The second-order valence-corrected chi connectivity index (χ2v) is 10.3. The third-order valence-corrected chi connectivity index (χ3v) is 7.01. The van der Waals surface area contributed by atoms with E-state index in [0.717, 1.165) is 27.3 Å². The third kappa shape index (κ3) is 6.95. The van der Waals surface area contributed by atoms with Gasteiger partial charge in [-0.3, -0.25) is 13.9 Å². The predicted molar refractivity (Wildman–Crippen MR) is 133 cm³/mol. The van der Waals surface area contributed by atoms with Crippen molar-refractivity contribution >= 4 is 39.1 Å². The van der Waals surface area contributed by atoms with Crippen molar-refractivity contribution in [2.24, 2.45) is 0 Å². The van der Waals surface area contributed by atoms with E-state index in [9.17, 15) is 18.0 Å². The molecule has 0 spiro atoms. The average molecular weight is 494 g/mol. The van der Waals surface area contributed by atoms with E-state index in [0.29, 0.717) is 23.7 Å². The zero-order valence-electron chi connectivity index (χ0n) is 19.8. The summed E-state index contributed by atoms with van der Waals surface area (Å²) in [4.78, 5) is 27.8. The van der Waals surface area contributed by atoms with Gasteiger partial charge in [-0.15, -0.1) is 0 Å². The topological polar surface area (TPSA) is 86.8 Å². The van der Waals surface area contributed by atoms with E-state index >= 15 is 0 Å². The molecule has 2 amide bonds. The van der Waals surface area contributed by atoms with Crippen molar-refractivity contribution in [2.75, 3.05) is 23.7 Å². The van der Waals surface area contributed by atoms with Gasteiger partial charge in [0.05, 0.1) is 11.9 Å². The molecule has 9 heteroatoms. The van der Waals surface area contributed by atoms with Crippen molar-refractivity contribution in [3.8, 4) is 0 Å². The van der Waals surface area contributed by atoms with Gasteiger partial charge in [0.25, 0.3) is 0 Å². The quantitative estimate of drug-likeness (QED) is 0.547. The molecule has 0 aliphatic heterocycles. The number of nitrogens with one attached hydrogen (secondary N) is 1. The maximum atomic E-state index is 13.6. The Morgan fingerprint density at radius 1 is 1.06 bits per heavy atom. The van der Waals surface area contributed by atoms with Gasteiger partial charge in [0, 0.05) is 18.1 Å². The molecule has 0 saturated carbocycles. The molecule has 2 aromatic rings. The van der Waals surface area contributed by atoms with Gasteiger partial charge in [-0.25, -0.2) is 8.42 Å². The van der Waals surface area contributed by atoms with Gasteiger partial charge in [-0.2, -0.15) is 0 Å². The Kier molecular flexibility index (Phi) is 9.31. The Hall–Kier alpha value is -2.58. The van der Waals surface area contributed by atoms with Crippen molar-refractivity contribution in [2.45, 2.75) is 46.7 Å². The van der Waals surface area contributed by atoms with Crippen LogP contribution in [-0.2, 0) is 26.2 Å². The number of hydrogen-bond donors (Lipinski definition) is 1. The van der Waals surface area contributed by atoms with Gasteiger partial charge in [-0.1, -0.05) is 48.9 Å². The van der Waals surface area contributed by atoms with Crippen molar-refractivity contribution in [3.05, 3.63) is 64.2 Å². The summed E-state index contributed by atoms with van der Waals surface area (Å²) in [5.74, 6) is -0.746. The molecule has 0 radical (unpaired) electrons. The van der Waals surface area contributed by atoms with Crippen LogP contribution in [0.2, 0.25) is 5.02 Å². The van der Waals surface area contributed by atoms with Gasteiger partial charge >= 0.3 is 0 Å². The van der Waals surface area contributed by atoms with Gasteiger partial charge in [-0.05, 0) is 56.0 Å². The fourth-order valence-electron chi connectivity index (χ4n) is 3.53. The van der Waals surface area contributed by atoms with Crippen LogP contribution >= 0.6 is 11.6 Å². The maximum Gasteiger partial charge on any atom is 0.244 e. The number of sulfonamides is 1. The van der Waals surface area contributed by atoms with E-state index in [1.54, 1.807) is 12.1 Å². The van der Waals surface area contributed by atoms with E-state index in [1.807, 2.05) is 52.0 Å². The van der Waals surface area contributed by atoms with Gasteiger partial charge in [0.15, 0.2) is 0 Å². The van der Waals surface area contributed by atoms with E-state index in [4.69, 9.17) is 11.6 Å². The normalized spacial score (nSPS) is 12.2. The lowest BCUT2D eigenvalue weighted by molar-refractivity contribution is -0.140. The maximum absolute atomic E-state index is 13.6. The standard InChI is InChI=1S/C24H32ClN3O4S/c1-6-22(24(30)26-7-2)27(15-19-11-9-8-10-17(19)3)23(29)16-28(33(5,31)32)20-13-12-18(4)21(25)14-20/h8-14,22H,6-7,15-16H2,1-5H3,(H,26,30)/t22-/m0/s1. The van der Waals surface area contributed by atoms with Crippen LogP contribution in [0.3, 0.4) is 0 Å². The second-order valence-electron chi connectivity index (χ2n) is 7.97. The molecule has 0 unspecified atom stereocenters. The highest BCUT2D eigenvalue weighted by atomic mass is 35.5. The van der Waals surface area contributed by atoms with E-state index in [-0.39, 0.29) is 12.5 Å². The third-order valence-electron chi connectivity index (χ3n) is 5.46. The van der Waals surface area contributed by atoms with E-state index < -0.39 is 28.5 Å². The molecule has 2 aromatic carbocycles. The molecule has 0 fully saturated rings. The highest BCUT2D eigenvalue weighted by Crippen LogP contribution is 2.25. The molecule has 0 aromatic heterocycles. The van der Waals surface area contributed by atoms with Gasteiger partial charge in [0.2, 0.25) is 21.8 Å².